The second kappa shape index (κ2) is 14.0. The summed E-state index contributed by atoms with van der Waals surface area (Å²) in [7, 11) is 32.7. The van der Waals surface area contributed by atoms with Gasteiger partial charge in [0.2, 0.25) is 27.9 Å². The molecule has 0 aliphatic carbocycles. The highest BCUT2D eigenvalue weighted by atomic mass is 15.3. The number of anilines is 4. The van der Waals surface area contributed by atoms with Gasteiger partial charge in [-0.2, -0.15) is 15.0 Å². The van der Waals surface area contributed by atoms with Crippen LogP contribution in [0, 0.1) is 13.8 Å². The van der Waals surface area contributed by atoms with Crippen molar-refractivity contribution in [2.24, 2.45) is 0 Å². The van der Waals surface area contributed by atoms with Gasteiger partial charge in [-0.15, -0.1) is 0 Å². The highest BCUT2D eigenvalue weighted by Gasteiger charge is 2.09. The van der Waals surface area contributed by atoms with Gasteiger partial charge in [0.15, 0.2) is 14.6 Å². The molecule has 32 heavy (non-hydrogen) atoms. The molecule has 158 valence electrons. The topological polar surface area (TPSA) is 75.7 Å². The Morgan fingerprint density at radius 1 is 0.844 bits per heavy atom. The zero-order chi connectivity index (χ0) is 24.3. The Bertz CT molecular complexity index is 764. The van der Waals surface area contributed by atoms with E-state index in [0.29, 0.717) is 31.1 Å². The number of rotatable bonds is 10. The molecule has 0 atom stereocenters. The second-order valence-electron chi connectivity index (χ2n) is 7.10. The van der Waals surface area contributed by atoms with Gasteiger partial charge in [0, 0.05) is 54.3 Å². The predicted octanol–water partition coefficient (Wildman–Crippen LogP) is -0.778. The second-order valence-corrected chi connectivity index (χ2v) is 7.10. The molecule has 0 saturated carbocycles. The highest BCUT2D eigenvalue weighted by Crippen LogP contribution is 2.20. The highest BCUT2D eigenvalue weighted by molar-refractivity contribution is 6.87. The van der Waals surface area contributed by atoms with E-state index in [0.717, 1.165) is 16.9 Å². The van der Waals surface area contributed by atoms with Crippen molar-refractivity contribution in [2.45, 2.75) is 13.8 Å². The maximum absolute atomic E-state index is 5.95. The Kier molecular flexibility index (Phi) is 12.2. The Balaban J connectivity index is 0.000000320. The van der Waals surface area contributed by atoms with Crippen LogP contribution in [0.5, 0.6) is 0 Å². The van der Waals surface area contributed by atoms with Crippen molar-refractivity contribution < 1.29 is 0 Å². The molecule has 15 heteroatoms. The number of aromatic nitrogens is 3. The standard InChI is InChI=1S/C10H15B3N3.C7H12B3N6/c1-8-4-9(14-2)6-10(5-8)16(12)7-15(3)13-11;1-5-12-6(11-2)14-7(13-5)16(9)4-15(3)10-8/h4-6,14H,7H2,1-3H3;4H2,1-3H3,(H,11,12,13,14). The van der Waals surface area contributed by atoms with E-state index < -0.39 is 0 Å². The molecule has 0 aliphatic heterocycles. The summed E-state index contributed by atoms with van der Waals surface area (Å²) in [6.45, 7) is 4.75. The largest absolute Gasteiger partial charge is 0.414 e. The number of aryl methyl sites for hydroxylation is 2. The third kappa shape index (κ3) is 9.48. The van der Waals surface area contributed by atoms with E-state index in [9.17, 15) is 0 Å². The van der Waals surface area contributed by atoms with Crippen molar-refractivity contribution in [3.05, 3.63) is 29.6 Å². The molecule has 0 unspecified atom stereocenters. The van der Waals surface area contributed by atoms with E-state index in [1.54, 1.807) is 35.5 Å². The molecule has 0 spiro atoms. The van der Waals surface area contributed by atoms with Crippen molar-refractivity contribution in [1.82, 2.24) is 24.6 Å². The molecule has 9 nitrogen and oxygen atoms in total. The van der Waals surface area contributed by atoms with Gasteiger partial charge in [0.1, 0.15) is 5.82 Å². The summed E-state index contributed by atoms with van der Waals surface area (Å²) in [5.74, 6) is 1.48. The molecule has 2 aromatic rings. The lowest BCUT2D eigenvalue weighted by atomic mass is 9.66. The summed E-state index contributed by atoms with van der Waals surface area (Å²) >= 11 is 0. The number of hydrogen-bond donors (Lipinski definition) is 2. The molecule has 0 fully saturated rings. The summed E-state index contributed by atoms with van der Waals surface area (Å²) in [5, 5.41) is 5.94. The first kappa shape index (κ1) is 27.8. The van der Waals surface area contributed by atoms with Gasteiger partial charge in [-0.3, -0.25) is 0 Å². The third-order valence-corrected chi connectivity index (χ3v) is 4.16. The average Bonchev–Trinajstić information content (AvgIpc) is 2.78. The number of nitrogens with zero attached hydrogens (tertiary/aromatic N) is 7. The fourth-order valence-corrected chi connectivity index (χ4v) is 2.50. The lowest BCUT2D eigenvalue weighted by molar-refractivity contribution is 0.558. The van der Waals surface area contributed by atoms with Crippen LogP contribution in [0.3, 0.4) is 0 Å². The van der Waals surface area contributed by atoms with Gasteiger partial charge in [-0.05, 0) is 51.7 Å². The van der Waals surface area contributed by atoms with Crippen molar-refractivity contribution in [1.29, 1.82) is 0 Å². The molecule has 1 heterocycles. The van der Waals surface area contributed by atoms with Crippen molar-refractivity contribution in [2.75, 3.05) is 61.8 Å². The monoisotopic (exact) mass is 423 g/mol. The van der Waals surface area contributed by atoms with Crippen LogP contribution < -0.4 is 20.3 Å². The van der Waals surface area contributed by atoms with Gasteiger partial charge in [-0.25, -0.2) is 0 Å². The number of hydrogen-bond acceptors (Lipinski definition) is 9. The quantitative estimate of drug-likeness (QED) is 0.379. The predicted molar refractivity (Wildman–Crippen MR) is 140 cm³/mol. The van der Waals surface area contributed by atoms with E-state index in [1.165, 1.54) is 19.4 Å². The lowest BCUT2D eigenvalue weighted by Crippen LogP contribution is -2.37. The van der Waals surface area contributed by atoms with Crippen molar-refractivity contribution >= 4 is 69.3 Å². The zero-order valence-electron chi connectivity index (χ0n) is 19.7. The van der Waals surface area contributed by atoms with E-state index in [-0.39, 0.29) is 0 Å². The van der Waals surface area contributed by atoms with Crippen LogP contribution in [-0.4, -0.2) is 112 Å². The molecule has 10 radical (unpaired) electrons. The molecule has 2 N–H and O–H groups in total. The minimum atomic E-state index is 0.392. The maximum atomic E-state index is 5.95. The summed E-state index contributed by atoms with van der Waals surface area (Å²) < 4.78 is 0. The SMILES string of the molecule is [B][B]N(C)CN([B])c1cc(C)cc(NC)c1.[B][B]N(C)CN([B])c1nc(C)nc(NC)n1. The third-order valence-electron chi connectivity index (χ3n) is 4.16. The molecule has 0 bridgehead atoms. The lowest BCUT2D eigenvalue weighted by Gasteiger charge is -2.27. The van der Waals surface area contributed by atoms with Crippen molar-refractivity contribution in [3.8, 4) is 0 Å². The van der Waals surface area contributed by atoms with Crippen LogP contribution in [-0.2, 0) is 0 Å². The van der Waals surface area contributed by atoms with Gasteiger partial charge in [-0.1, -0.05) is 0 Å². The van der Waals surface area contributed by atoms with Crippen LogP contribution in [0.2, 0.25) is 0 Å². The average molecular weight is 422 g/mol. The van der Waals surface area contributed by atoms with E-state index in [4.69, 9.17) is 31.4 Å². The van der Waals surface area contributed by atoms with E-state index in [2.05, 4.69) is 31.7 Å². The molecule has 0 saturated heterocycles. The van der Waals surface area contributed by atoms with Gasteiger partial charge in [0.05, 0.1) is 0 Å². The first-order valence-corrected chi connectivity index (χ1v) is 9.88. The Labute approximate surface area is 199 Å². The number of nitrogens with one attached hydrogen (secondary N) is 2. The Morgan fingerprint density at radius 3 is 1.97 bits per heavy atom. The fraction of sp³-hybridized carbons (Fsp3) is 0.471. The first-order chi connectivity index (χ1) is 15.1. The van der Waals surface area contributed by atoms with Crippen LogP contribution >= 0.6 is 0 Å². The van der Waals surface area contributed by atoms with Gasteiger partial charge in [0.25, 0.3) is 0 Å². The van der Waals surface area contributed by atoms with Crippen LogP contribution in [0.1, 0.15) is 11.4 Å². The molecule has 2 rings (SSSR count). The number of benzene rings is 1. The van der Waals surface area contributed by atoms with Gasteiger partial charge < -0.3 is 29.9 Å². The molecule has 1 aromatic heterocycles. The first-order valence-electron chi connectivity index (χ1n) is 9.88. The Morgan fingerprint density at radius 2 is 1.44 bits per heavy atom. The smallest absolute Gasteiger partial charge is 0.232 e. The molecular formula is C17H27B6N9. The fourth-order valence-electron chi connectivity index (χ4n) is 2.50. The summed E-state index contributed by atoms with van der Waals surface area (Å²) in [6, 6.07) is 6.10. The van der Waals surface area contributed by atoms with Crippen LogP contribution in [0.4, 0.5) is 23.3 Å². The summed E-state index contributed by atoms with van der Waals surface area (Å²) in [5.41, 5.74) is 3.17. The molecule has 1 aromatic carbocycles. The van der Waals surface area contributed by atoms with E-state index in [1.807, 2.05) is 33.2 Å². The molecule has 0 aliphatic rings. The molecular weight excluding hydrogens is 395 g/mol. The zero-order valence-corrected chi connectivity index (χ0v) is 19.7. The van der Waals surface area contributed by atoms with Crippen molar-refractivity contribution in [3.63, 3.8) is 0 Å². The Hall–Kier alpha value is -2.26. The minimum Gasteiger partial charge on any atom is -0.414 e. The molecule has 0 amide bonds. The van der Waals surface area contributed by atoms with E-state index >= 15 is 0 Å². The maximum Gasteiger partial charge on any atom is 0.232 e. The van der Waals surface area contributed by atoms with Gasteiger partial charge >= 0.3 is 0 Å². The summed E-state index contributed by atoms with van der Waals surface area (Å²) in [6.07, 6.45) is 0. The van der Waals surface area contributed by atoms with Crippen LogP contribution in [0.15, 0.2) is 18.2 Å². The minimum absolute atomic E-state index is 0.392. The normalized spacial score (nSPS) is 10.2. The van der Waals surface area contributed by atoms with Crippen LogP contribution in [0.25, 0.3) is 0 Å². The summed E-state index contributed by atoms with van der Waals surface area (Å²) in [4.78, 5) is 18.9.